The van der Waals surface area contributed by atoms with Crippen molar-refractivity contribution in [3.63, 3.8) is 0 Å². The fraction of sp³-hybridized carbons (Fsp3) is 0.462. The van der Waals surface area contributed by atoms with E-state index in [1.807, 2.05) is 0 Å². The van der Waals surface area contributed by atoms with Crippen LogP contribution in [0.2, 0.25) is 5.15 Å². The van der Waals surface area contributed by atoms with Crippen molar-refractivity contribution in [1.82, 2.24) is 9.88 Å². The Balaban J connectivity index is 2.04. The molecule has 0 atom stereocenters. The minimum absolute atomic E-state index is 0.138. The van der Waals surface area contributed by atoms with Crippen LogP contribution in [0.25, 0.3) is 0 Å². The number of Topliss-reactive ketones (excluding diaryl/α,β-unsaturated/α-hetero) is 1. The molecule has 0 unspecified atom stereocenters. The highest BCUT2D eigenvalue weighted by Gasteiger charge is 2.21. The number of ketones is 1. The molecule has 102 valence electrons. The van der Waals surface area contributed by atoms with Gasteiger partial charge in [0.05, 0.1) is 19.6 Å². The summed E-state index contributed by atoms with van der Waals surface area (Å²) in [5, 5.41) is 0.296. The zero-order chi connectivity index (χ0) is 13.8. The lowest BCUT2D eigenvalue weighted by atomic mass is 10.0. The normalized spacial score (nSPS) is 15.4. The highest BCUT2D eigenvalue weighted by molar-refractivity contribution is 6.30. The summed E-state index contributed by atoms with van der Waals surface area (Å²) in [4.78, 5) is 29.6. The number of amides is 1. The van der Waals surface area contributed by atoms with Gasteiger partial charge in [-0.2, -0.15) is 0 Å². The highest BCUT2D eigenvalue weighted by Crippen LogP contribution is 2.17. The molecule has 0 N–H and O–H groups in total. The Morgan fingerprint density at radius 2 is 2.11 bits per heavy atom. The van der Waals surface area contributed by atoms with Crippen molar-refractivity contribution in [1.29, 1.82) is 0 Å². The molecule has 0 saturated carbocycles. The van der Waals surface area contributed by atoms with Crippen LogP contribution >= 0.6 is 11.6 Å². The molecule has 0 bridgehead atoms. The topological polar surface area (TPSA) is 59.5 Å². The first-order chi connectivity index (χ1) is 9.09. The first-order valence-corrected chi connectivity index (χ1v) is 6.47. The van der Waals surface area contributed by atoms with Crippen molar-refractivity contribution in [2.75, 3.05) is 26.3 Å². The molecule has 1 fully saturated rings. The van der Waals surface area contributed by atoms with Gasteiger partial charge in [-0.05, 0) is 18.6 Å². The molecule has 2 heterocycles. The summed E-state index contributed by atoms with van der Waals surface area (Å²) in [5.74, 6) is -0.390. The number of morpholine rings is 1. The Morgan fingerprint density at radius 3 is 2.79 bits per heavy atom. The van der Waals surface area contributed by atoms with Crippen LogP contribution in [0.15, 0.2) is 12.3 Å². The molecule has 5 nitrogen and oxygen atoms in total. The van der Waals surface area contributed by atoms with Crippen LogP contribution in [0.4, 0.5) is 0 Å². The molecule has 6 heteroatoms. The van der Waals surface area contributed by atoms with Crippen LogP contribution in [-0.4, -0.2) is 47.9 Å². The predicted octanol–water partition coefficient (Wildman–Crippen LogP) is 1.48. The molecular weight excluding hydrogens is 268 g/mol. The molecule has 1 aliphatic rings. The third-order valence-corrected chi connectivity index (χ3v) is 3.50. The molecule has 1 amide bonds. The van der Waals surface area contributed by atoms with Crippen molar-refractivity contribution in [2.24, 2.45) is 0 Å². The van der Waals surface area contributed by atoms with Gasteiger partial charge in [0.1, 0.15) is 5.15 Å². The maximum Gasteiger partial charge on any atom is 0.230 e. The number of pyridine rings is 1. The molecule has 0 aliphatic carbocycles. The number of rotatable bonds is 3. The van der Waals surface area contributed by atoms with E-state index in [0.29, 0.717) is 42.6 Å². The third kappa shape index (κ3) is 3.30. The van der Waals surface area contributed by atoms with Gasteiger partial charge in [-0.15, -0.1) is 0 Å². The van der Waals surface area contributed by atoms with E-state index in [1.54, 1.807) is 17.9 Å². The van der Waals surface area contributed by atoms with E-state index >= 15 is 0 Å². The minimum atomic E-state index is -0.224. The number of hydrogen-bond donors (Lipinski definition) is 0. The fourth-order valence-corrected chi connectivity index (χ4v) is 2.13. The number of hydrogen-bond acceptors (Lipinski definition) is 4. The van der Waals surface area contributed by atoms with Crippen LogP contribution in [0, 0.1) is 6.92 Å². The summed E-state index contributed by atoms with van der Waals surface area (Å²) in [6, 6.07) is 1.59. The zero-order valence-corrected chi connectivity index (χ0v) is 11.4. The van der Waals surface area contributed by atoms with Gasteiger partial charge >= 0.3 is 0 Å². The monoisotopic (exact) mass is 282 g/mol. The molecule has 1 aromatic rings. The van der Waals surface area contributed by atoms with Crippen LogP contribution in [-0.2, 0) is 9.53 Å². The Bertz CT molecular complexity index is 499. The zero-order valence-electron chi connectivity index (χ0n) is 10.7. The second kappa shape index (κ2) is 6.12. The van der Waals surface area contributed by atoms with E-state index in [-0.39, 0.29) is 18.1 Å². The maximum absolute atomic E-state index is 12.1. The Labute approximate surface area is 116 Å². The molecule has 2 rings (SSSR count). The molecule has 0 spiro atoms. The van der Waals surface area contributed by atoms with E-state index in [0.717, 1.165) is 0 Å². The lowest BCUT2D eigenvalue weighted by molar-refractivity contribution is -0.134. The smallest absolute Gasteiger partial charge is 0.230 e. The van der Waals surface area contributed by atoms with Crippen LogP contribution < -0.4 is 0 Å². The van der Waals surface area contributed by atoms with Crippen LogP contribution in [0.5, 0.6) is 0 Å². The summed E-state index contributed by atoms with van der Waals surface area (Å²) in [7, 11) is 0. The van der Waals surface area contributed by atoms with Gasteiger partial charge in [-0.3, -0.25) is 9.59 Å². The van der Waals surface area contributed by atoms with Crippen molar-refractivity contribution in [2.45, 2.75) is 13.3 Å². The van der Waals surface area contributed by atoms with Gasteiger partial charge in [0.15, 0.2) is 5.78 Å². The summed E-state index contributed by atoms with van der Waals surface area (Å²) in [5.41, 5.74) is 1.07. The first-order valence-electron chi connectivity index (χ1n) is 6.09. The Morgan fingerprint density at radius 1 is 1.42 bits per heavy atom. The average molecular weight is 283 g/mol. The summed E-state index contributed by atoms with van der Waals surface area (Å²) < 4.78 is 5.17. The third-order valence-electron chi connectivity index (χ3n) is 3.12. The van der Waals surface area contributed by atoms with Crippen molar-refractivity contribution in [3.05, 3.63) is 28.5 Å². The molecule has 1 aromatic heterocycles. The quantitative estimate of drug-likeness (QED) is 0.479. The van der Waals surface area contributed by atoms with Gasteiger partial charge < -0.3 is 9.64 Å². The number of halogens is 1. The van der Waals surface area contributed by atoms with Gasteiger partial charge in [0.25, 0.3) is 0 Å². The van der Waals surface area contributed by atoms with Crippen molar-refractivity contribution >= 4 is 23.3 Å². The van der Waals surface area contributed by atoms with E-state index < -0.39 is 0 Å². The van der Waals surface area contributed by atoms with Crippen LogP contribution in [0.3, 0.4) is 0 Å². The van der Waals surface area contributed by atoms with Crippen molar-refractivity contribution in [3.8, 4) is 0 Å². The van der Waals surface area contributed by atoms with E-state index in [9.17, 15) is 9.59 Å². The van der Waals surface area contributed by atoms with Crippen LogP contribution in [0.1, 0.15) is 22.3 Å². The molecular formula is C13H15ClN2O3. The molecule has 0 radical (unpaired) electrons. The predicted molar refractivity (Wildman–Crippen MR) is 70.3 cm³/mol. The summed E-state index contributed by atoms with van der Waals surface area (Å²) >= 11 is 5.87. The van der Waals surface area contributed by atoms with E-state index in [2.05, 4.69) is 4.98 Å². The number of carbonyl (C=O) groups is 2. The van der Waals surface area contributed by atoms with Gasteiger partial charge in [-0.25, -0.2) is 4.98 Å². The SMILES string of the molecule is Cc1c(C(=O)CC(=O)N2CCOCC2)ccnc1Cl. The lowest BCUT2D eigenvalue weighted by Crippen LogP contribution is -2.41. The first kappa shape index (κ1) is 14.0. The van der Waals surface area contributed by atoms with E-state index in [1.165, 1.54) is 6.20 Å². The molecule has 0 aromatic carbocycles. The Hall–Kier alpha value is -1.46. The largest absolute Gasteiger partial charge is 0.378 e. The summed E-state index contributed by atoms with van der Waals surface area (Å²) in [6.45, 7) is 3.87. The average Bonchev–Trinajstić information content (AvgIpc) is 2.42. The van der Waals surface area contributed by atoms with Gasteiger partial charge in [0.2, 0.25) is 5.91 Å². The fourth-order valence-electron chi connectivity index (χ4n) is 1.97. The standard InChI is InChI=1S/C13H15ClN2O3/c1-9-10(2-3-15-13(9)14)11(17)8-12(18)16-4-6-19-7-5-16/h2-3H,4-8H2,1H3. The number of aromatic nitrogens is 1. The lowest BCUT2D eigenvalue weighted by Gasteiger charge is -2.26. The highest BCUT2D eigenvalue weighted by atomic mass is 35.5. The van der Waals surface area contributed by atoms with Gasteiger partial charge in [0, 0.05) is 24.8 Å². The van der Waals surface area contributed by atoms with E-state index in [4.69, 9.17) is 16.3 Å². The number of carbonyl (C=O) groups excluding carboxylic acids is 2. The second-order valence-corrected chi connectivity index (χ2v) is 4.73. The number of ether oxygens (including phenoxy) is 1. The molecule has 19 heavy (non-hydrogen) atoms. The minimum Gasteiger partial charge on any atom is -0.378 e. The molecule has 1 aliphatic heterocycles. The second-order valence-electron chi connectivity index (χ2n) is 4.37. The number of nitrogens with zero attached hydrogens (tertiary/aromatic N) is 2. The Kier molecular flexibility index (Phi) is 4.50. The molecule has 1 saturated heterocycles. The van der Waals surface area contributed by atoms with Crippen molar-refractivity contribution < 1.29 is 14.3 Å². The maximum atomic E-state index is 12.1. The van der Waals surface area contributed by atoms with Gasteiger partial charge in [-0.1, -0.05) is 11.6 Å². The summed E-state index contributed by atoms with van der Waals surface area (Å²) in [6.07, 6.45) is 1.34.